The third kappa shape index (κ3) is 6.58. The van der Waals surface area contributed by atoms with Crippen LogP contribution in [0.15, 0.2) is 36.4 Å². The van der Waals surface area contributed by atoms with Crippen molar-refractivity contribution >= 4 is 23.6 Å². The molecule has 1 aromatic rings. The van der Waals surface area contributed by atoms with Crippen LogP contribution in [0.4, 0.5) is 0 Å². The van der Waals surface area contributed by atoms with Gasteiger partial charge in [-0.3, -0.25) is 9.59 Å². The minimum atomic E-state index is -0.731. The van der Waals surface area contributed by atoms with Crippen molar-refractivity contribution < 1.29 is 28.7 Å². The average molecular weight is 347 g/mol. The Kier molecular flexibility index (Phi) is 8.05. The van der Waals surface area contributed by atoms with E-state index in [-0.39, 0.29) is 12.2 Å². The second-order valence-corrected chi connectivity index (χ2v) is 5.00. The van der Waals surface area contributed by atoms with Crippen molar-refractivity contribution in [2.75, 3.05) is 20.2 Å². The van der Waals surface area contributed by atoms with Crippen LogP contribution in [0.2, 0.25) is 0 Å². The Morgan fingerprint density at radius 2 is 1.52 bits per heavy atom. The van der Waals surface area contributed by atoms with E-state index in [0.717, 1.165) is 12.2 Å². The molecule has 0 aromatic heterocycles. The van der Waals surface area contributed by atoms with Gasteiger partial charge in [0.1, 0.15) is 5.75 Å². The van der Waals surface area contributed by atoms with Crippen LogP contribution in [-0.4, -0.2) is 48.7 Å². The van der Waals surface area contributed by atoms with Gasteiger partial charge < -0.3 is 14.4 Å². The van der Waals surface area contributed by atoms with Crippen LogP contribution in [0, 0.1) is 0 Å². The first-order chi connectivity index (χ1) is 11.9. The summed E-state index contributed by atoms with van der Waals surface area (Å²) in [5, 5.41) is 0. The Labute approximate surface area is 146 Å². The Morgan fingerprint density at radius 1 is 0.960 bits per heavy atom. The van der Waals surface area contributed by atoms with Crippen LogP contribution >= 0.6 is 0 Å². The second kappa shape index (κ2) is 10.0. The van der Waals surface area contributed by atoms with E-state index in [1.165, 1.54) is 24.1 Å². The first-order valence-corrected chi connectivity index (χ1v) is 7.80. The lowest BCUT2D eigenvalue weighted by Gasteiger charge is -2.17. The number of likely N-dealkylation sites (N-methyl/N-ethyl adjacent to an activating group) is 1. The van der Waals surface area contributed by atoms with Gasteiger partial charge in [-0.25, -0.2) is 9.59 Å². The summed E-state index contributed by atoms with van der Waals surface area (Å²) in [5.41, 5.74) is 0.635. The smallest absolute Gasteiger partial charge is 0.336 e. The van der Waals surface area contributed by atoms with Crippen molar-refractivity contribution in [2.24, 2.45) is 0 Å². The summed E-state index contributed by atoms with van der Waals surface area (Å²) in [6, 6.07) is 6.21. The summed E-state index contributed by atoms with van der Waals surface area (Å²) in [6.45, 7) is 4.59. The number of benzene rings is 1. The fourth-order valence-corrected chi connectivity index (χ4v) is 1.98. The maximum Gasteiger partial charge on any atom is 0.336 e. The number of rotatable bonds is 8. The molecule has 0 radical (unpaired) electrons. The Bertz CT molecular complexity index is 659. The highest BCUT2D eigenvalue weighted by molar-refractivity contribution is 6.36. The van der Waals surface area contributed by atoms with Crippen LogP contribution in [0.25, 0.3) is 0 Å². The molecular weight excluding hydrogens is 326 g/mol. The molecule has 0 aliphatic carbocycles. The third-order valence-electron chi connectivity index (χ3n) is 3.35. The van der Waals surface area contributed by atoms with Crippen molar-refractivity contribution in [1.82, 2.24) is 4.90 Å². The number of Topliss-reactive ketones (excluding diaryl/α,β-unsaturated/α-hetero) is 1. The minimum absolute atomic E-state index is 0.0220. The van der Waals surface area contributed by atoms with Gasteiger partial charge in [-0.1, -0.05) is 12.1 Å². The van der Waals surface area contributed by atoms with E-state index in [9.17, 15) is 19.2 Å². The first-order valence-electron chi connectivity index (χ1n) is 7.80. The number of methoxy groups -OCH3 is 1. The summed E-state index contributed by atoms with van der Waals surface area (Å²) in [5.74, 6) is -2.14. The van der Waals surface area contributed by atoms with Gasteiger partial charge in [0.05, 0.1) is 7.11 Å². The summed E-state index contributed by atoms with van der Waals surface area (Å²) in [4.78, 5) is 47.8. The Balaban J connectivity index is 2.63. The molecule has 0 aliphatic heterocycles. The van der Waals surface area contributed by atoms with Gasteiger partial charge in [-0.05, 0) is 31.5 Å². The van der Waals surface area contributed by atoms with Crippen LogP contribution in [0.5, 0.6) is 5.75 Å². The van der Waals surface area contributed by atoms with Gasteiger partial charge in [0.25, 0.3) is 5.91 Å². The van der Waals surface area contributed by atoms with Crippen LogP contribution < -0.4 is 4.74 Å². The number of esters is 2. The lowest BCUT2D eigenvalue weighted by molar-refractivity contribution is -0.144. The minimum Gasteiger partial charge on any atom is -0.466 e. The number of ether oxygens (including phenoxy) is 2. The van der Waals surface area contributed by atoms with Crippen molar-refractivity contribution in [3.05, 3.63) is 42.0 Å². The zero-order chi connectivity index (χ0) is 18.8. The van der Waals surface area contributed by atoms with E-state index in [4.69, 9.17) is 4.74 Å². The van der Waals surface area contributed by atoms with Crippen LogP contribution in [-0.2, 0) is 30.3 Å². The SMILES string of the molecule is CCN(CC)C(=O)C(=O)Cc1ccc(OC(=O)/C=C/C(=O)OC)cc1. The van der Waals surface area contributed by atoms with Crippen molar-refractivity contribution in [2.45, 2.75) is 20.3 Å². The van der Waals surface area contributed by atoms with E-state index in [1.54, 1.807) is 12.1 Å². The number of hydrogen-bond donors (Lipinski definition) is 0. The molecule has 0 heterocycles. The third-order valence-corrected chi connectivity index (χ3v) is 3.35. The molecule has 1 amide bonds. The van der Waals surface area contributed by atoms with Gasteiger partial charge >= 0.3 is 11.9 Å². The molecule has 0 bridgehead atoms. The van der Waals surface area contributed by atoms with Crippen molar-refractivity contribution in [1.29, 1.82) is 0 Å². The fraction of sp³-hybridized carbons (Fsp3) is 0.333. The molecule has 0 fully saturated rings. The predicted molar refractivity (Wildman–Crippen MR) is 89.9 cm³/mol. The monoisotopic (exact) mass is 347 g/mol. The van der Waals surface area contributed by atoms with Crippen molar-refractivity contribution in [3.8, 4) is 5.75 Å². The normalized spacial score (nSPS) is 10.4. The topological polar surface area (TPSA) is 90.0 Å². The number of hydrogen-bond acceptors (Lipinski definition) is 6. The number of ketones is 1. The Morgan fingerprint density at radius 3 is 2.04 bits per heavy atom. The molecule has 0 N–H and O–H groups in total. The number of nitrogens with zero attached hydrogens (tertiary/aromatic N) is 1. The molecule has 0 saturated heterocycles. The van der Waals surface area contributed by atoms with Crippen LogP contribution in [0.1, 0.15) is 19.4 Å². The maximum atomic E-state index is 12.0. The lowest BCUT2D eigenvalue weighted by Crippen LogP contribution is -2.37. The van der Waals surface area contributed by atoms with E-state index in [2.05, 4.69) is 4.74 Å². The molecule has 134 valence electrons. The molecule has 25 heavy (non-hydrogen) atoms. The van der Waals surface area contributed by atoms with Gasteiger partial charge in [-0.15, -0.1) is 0 Å². The average Bonchev–Trinajstić information content (AvgIpc) is 2.62. The summed E-state index contributed by atoms with van der Waals surface area (Å²) in [7, 11) is 1.20. The molecular formula is C18H21NO6. The molecule has 0 saturated carbocycles. The zero-order valence-electron chi connectivity index (χ0n) is 14.5. The number of carbonyl (C=O) groups is 4. The van der Waals surface area contributed by atoms with Gasteiger partial charge in [-0.2, -0.15) is 0 Å². The molecule has 7 nitrogen and oxygen atoms in total. The summed E-state index contributed by atoms with van der Waals surface area (Å²) >= 11 is 0. The molecule has 0 spiro atoms. The first kappa shape index (κ1) is 20.1. The fourth-order valence-electron chi connectivity index (χ4n) is 1.98. The van der Waals surface area contributed by atoms with E-state index in [1.807, 2.05) is 13.8 Å². The van der Waals surface area contributed by atoms with Crippen molar-refractivity contribution in [3.63, 3.8) is 0 Å². The highest BCUT2D eigenvalue weighted by Gasteiger charge is 2.19. The highest BCUT2D eigenvalue weighted by Crippen LogP contribution is 2.13. The largest absolute Gasteiger partial charge is 0.466 e. The Hall–Kier alpha value is -2.96. The lowest BCUT2D eigenvalue weighted by atomic mass is 10.1. The highest BCUT2D eigenvalue weighted by atomic mass is 16.5. The molecule has 7 heteroatoms. The van der Waals surface area contributed by atoms with Gasteiger partial charge in [0.2, 0.25) is 5.78 Å². The van der Waals surface area contributed by atoms with Gasteiger partial charge in [0, 0.05) is 31.7 Å². The van der Waals surface area contributed by atoms with E-state index >= 15 is 0 Å². The van der Waals surface area contributed by atoms with E-state index < -0.39 is 23.6 Å². The molecule has 1 rings (SSSR count). The van der Waals surface area contributed by atoms with Crippen LogP contribution in [0.3, 0.4) is 0 Å². The standard InChI is InChI=1S/C18H21NO6/c1-4-19(5-2)18(23)15(20)12-13-6-8-14(9-7-13)25-17(22)11-10-16(21)24-3/h6-11H,4-5,12H2,1-3H3/b11-10+. The van der Waals surface area contributed by atoms with E-state index in [0.29, 0.717) is 18.7 Å². The zero-order valence-corrected chi connectivity index (χ0v) is 14.5. The second-order valence-electron chi connectivity index (χ2n) is 5.00. The molecule has 0 unspecified atom stereocenters. The number of amides is 1. The molecule has 1 aromatic carbocycles. The summed E-state index contributed by atoms with van der Waals surface area (Å²) in [6.07, 6.45) is 1.88. The summed E-state index contributed by atoms with van der Waals surface area (Å²) < 4.78 is 9.36. The maximum absolute atomic E-state index is 12.0. The quantitative estimate of drug-likeness (QED) is 0.305. The van der Waals surface area contributed by atoms with Gasteiger partial charge in [0.15, 0.2) is 0 Å². The number of carbonyl (C=O) groups excluding carboxylic acids is 4. The molecule has 0 atom stereocenters. The molecule has 0 aliphatic rings. The predicted octanol–water partition coefficient (Wildman–Crippen LogP) is 1.30.